The SMILES string of the molecule is [2H]c1nc(F)c(Br)c(C([2H])([2H])[2H])c1[2H]. The average Bonchev–Trinajstić information content (AvgIpc) is 1.98. The first-order valence-electron chi connectivity index (χ1n) is 4.58. The molecule has 0 radical (unpaired) electrons. The number of pyridine rings is 1. The van der Waals surface area contributed by atoms with E-state index in [2.05, 4.69) is 20.9 Å². The van der Waals surface area contributed by atoms with Crippen LogP contribution in [0.5, 0.6) is 0 Å². The van der Waals surface area contributed by atoms with Gasteiger partial charge >= 0.3 is 0 Å². The fourth-order valence-electron chi connectivity index (χ4n) is 0.340. The maximum absolute atomic E-state index is 12.9. The summed E-state index contributed by atoms with van der Waals surface area (Å²) in [5.41, 5.74) is -0.519. The van der Waals surface area contributed by atoms with E-state index in [4.69, 9.17) is 6.85 Å². The molecule has 0 aliphatic carbocycles. The molecule has 1 aromatic heterocycles. The molecule has 3 heteroatoms. The molecule has 0 saturated heterocycles. The third kappa shape index (κ3) is 1.27. The van der Waals surface area contributed by atoms with Crippen LogP contribution in [0.1, 0.15) is 12.4 Å². The van der Waals surface area contributed by atoms with E-state index in [1.807, 2.05) is 0 Å². The minimum absolute atomic E-state index is 0.376. The highest BCUT2D eigenvalue weighted by molar-refractivity contribution is 9.10. The molecule has 0 fully saturated rings. The molecule has 48 valence electrons. The molecule has 0 saturated carbocycles. The van der Waals surface area contributed by atoms with Crippen LogP contribution in [-0.2, 0) is 0 Å². The lowest BCUT2D eigenvalue weighted by molar-refractivity contribution is 0.575. The molecule has 0 aliphatic rings. The highest BCUT2D eigenvalue weighted by Gasteiger charge is 1.99. The van der Waals surface area contributed by atoms with Crippen LogP contribution in [0.3, 0.4) is 0 Å². The molecule has 0 N–H and O–H groups in total. The molecule has 9 heavy (non-hydrogen) atoms. The summed E-state index contributed by atoms with van der Waals surface area (Å²) in [5.74, 6) is -1.09. The molecule has 0 amide bonds. The van der Waals surface area contributed by atoms with Gasteiger partial charge in [-0.2, -0.15) is 4.39 Å². The van der Waals surface area contributed by atoms with Crippen molar-refractivity contribution in [1.82, 2.24) is 4.98 Å². The van der Waals surface area contributed by atoms with Gasteiger partial charge in [0.1, 0.15) is 0 Å². The van der Waals surface area contributed by atoms with Crippen LogP contribution in [0.25, 0.3) is 0 Å². The fourth-order valence-corrected chi connectivity index (χ4v) is 0.528. The van der Waals surface area contributed by atoms with Crippen molar-refractivity contribution < 1.29 is 11.2 Å². The third-order valence-electron chi connectivity index (χ3n) is 0.736. The molecule has 1 nitrogen and oxygen atoms in total. The standard InChI is InChI=1S/C6H5BrFN/c1-4-2-3-9-6(8)5(4)7/h2-3H,1H3/i1D3,2D,3D. The summed E-state index contributed by atoms with van der Waals surface area (Å²) in [6.45, 7) is -2.63. The summed E-state index contributed by atoms with van der Waals surface area (Å²) in [6.07, 6.45) is -0.683. The van der Waals surface area contributed by atoms with E-state index < -0.39 is 30.6 Å². The minimum atomic E-state index is -2.63. The topological polar surface area (TPSA) is 12.9 Å². The Bertz CT molecular complexity index is 351. The second-order valence-electron chi connectivity index (χ2n) is 1.33. The highest BCUT2D eigenvalue weighted by Crippen LogP contribution is 2.16. The van der Waals surface area contributed by atoms with Crippen molar-refractivity contribution in [3.63, 3.8) is 0 Å². The van der Waals surface area contributed by atoms with Crippen molar-refractivity contribution in [1.29, 1.82) is 0 Å². The maximum atomic E-state index is 12.9. The minimum Gasteiger partial charge on any atom is -0.227 e. The van der Waals surface area contributed by atoms with Crippen LogP contribution in [0.2, 0.25) is 0 Å². The zero-order valence-electron chi connectivity index (χ0n) is 9.20. The summed E-state index contributed by atoms with van der Waals surface area (Å²) in [6, 6.07) is -0.585. The maximum Gasteiger partial charge on any atom is 0.227 e. The molecular weight excluding hydrogens is 185 g/mol. The summed E-state index contributed by atoms with van der Waals surface area (Å²) in [4.78, 5) is 3.06. The Morgan fingerprint density at radius 1 is 2.00 bits per heavy atom. The van der Waals surface area contributed by atoms with E-state index >= 15 is 0 Å². The molecular formula is C6H5BrFN. The van der Waals surface area contributed by atoms with Crippen molar-refractivity contribution in [2.45, 2.75) is 6.85 Å². The second-order valence-corrected chi connectivity index (χ2v) is 2.12. The summed E-state index contributed by atoms with van der Waals surface area (Å²) in [5, 5.41) is 0. The fraction of sp³-hybridized carbons (Fsp3) is 0.167. The normalized spacial score (nSPS) is 19.1. The molecule has 1 heterocycles. The lowest BCUT2D eigenvalue weighted by Crippen LogP contribution is -1.85. The van der Waals surface area contributed by atoms with Gasteiger partial charge < -0.3 is 0 Å². The zero-order chi connectivity index (χ0) is 11.1. The Kier molecular flexibility index (Phi) is 0.720. The number of nitrogens with zero attached hydrogens (tertiary/aromatic N) is 1. The molecule has 0 aliphatic heterocycles. The van der Waals surface area contributed by atoms with Crippen LogP contribution in [0.4, 0.5) is 4.39 Å². The van der Waals surface area contributed by atoms with Gasteiger partial charge in [0.25, 0.3) is 0 Å². The largest absolute Gasteiger partial charge is 0.227 e. The van der Waals surface area contributed by atoms with Gasteiger partial charge in [-0.15, -0.1) is 0 Å². The highest BCUT2D eigenvalue weighted by atomic mass is 79.9. The number of aromatic nitrogens is 1. The average molecular weight is 195 g/mol. The monoisotopic (exact) mass is 194 g/mol. The molecule has 0 atom stereocenters. The lowest BCUT2D eigenvalue weighted by Gasteiger charge is -1.94. The molecule has 0 spiro atoms. The molecule has 1 aromatic rings. The second kappa shape index (κ2) is 2.43. The van der Waals surface area contributed by atoms with Crippen molar-refractivity contribution in [2.75, 3.05) is 0 Å². The third-order valence-corrected chi connectivity index (χ3v) is 1.46. The van der Waals surface area contributed by atoms with Crippen LogP contribution >= 0.6 is 15.9 Å². The Morgan fingerprint density at radius 3 is 3.44 bits per heavy atom. The number of rotatable bonds is 0. The Labute approximate surface area is 68.1 Å². The zero-order valence-corrected chi connectivity index (χ0v) is 5.79. The van der Waals surface area contributed by atoms with Crippen LogP contribution in [0, 0.1) is 12.8 Å². The van der Waals surface area contributed by atoms with E-state index in [9.17, 15) is 4.39 Å². The van der Waals surface area contributed by atoms with Crippen molar-refractivity contribution in [2.24, 2.45) is 0 Å². The Balaban J connectivity index is 3.56. The number of halogens is 2. The van der Waals surface area contributed by atoms with E-state index in [0.717, 1.165) is 0 Å². The molecule has 0 bridgehead atoms. The quantitative estimate of drug-likeness (QED) is 0.578. The molecule has 0 unspecified atom stereocenters. The van der Waals surface area contributed by atoms with E-state index in [-0.39, 0.29) is 4.47 Å². The number of hydrogen-bond donors (Lipinski definition) is 0. The first-order valence-corrected chi connectivity index (χ1v) is 2.87. The summed E-state index contributed by atoms with van der Waals surface area (Å²) in [7, 11) is 0. The van der Waals surface area contributed by atoms with Crippen molar-refractivity contribution >= 4 is 15.9 Å². The van der Waals surface area contributed by atoms with Gasteiger partial charge in [-0.05, 0) is 34.4 Å². The predicted molar refractivity (Wildman–Crippen MR) is 36.6 cm³/mol. The summed E-state index contributed by atoms with van der Waals surface area (Å²) >= 11 is 2.70. The van der Waals surface area contributed by atoms with Gasteiger partial charge in [-0.25, -0.2) is 4.98 Å². The van der Waals surface area contributed by atoms with Crippen LogP contribution in [-0.4, -0.2) is 4.98 Å². The van der Waals surface area contributed by atoms with Crippen molar-refractivity contribution in [3.05, 3.63) is 28.2 Å². The van der Waals surface area contributed by atoms with Gasteiger partial charge in [0.2, 0.25) is 5.95 Å². The van der Waals surface area contributed by atoms with Crippen LogP contribution < -0.4 is 0 Å². The van der Waals surface area contributed by atoms with Gasteiger partial charge in [0.05, 0.1) is 7.21 Å². The van der Waals surface area contributed by atoms with Gasteiger partial charge in [0, 0.05) is 10.3 Å². The first-order chi connectivity index (χ1) is 6.25. The smallest absolute Gasteiger partial charge is 0.227 e. The predicted octanol–water partition coefficient (Wildman–Crippen LogP) is 2.29. The number of hydrogen-bond acceptors (Lipinski definition) is 1. The first kappa shape index (κ1) is 2.66. The Morgan fingerprint density at radius 2 is 2.78 bits per heavy atom. The summed E-state index contributed by atoms with van der Waals surface area (Å²) < 4.78 is 48.1. The van der Waals surface area contributed by atoms with Gasteiger partial charge in [-0.3, -0.25) is 0 Å². The van der Waals surface area contributed by atoms with Gasteiger partial charge in [0.15, 0.2) is 0 Å². The lowest BCUT2D eigenvalue weighted by atomic mass is 10.3. The molecule has 1 rings (SSSR count). The van der Waals surface area contributed by atoms with Crippen molar-refractivity contribution in [3.8, 4) is 0 Å². The Hall–Kier alpha value is -0.440. The van der Waals surface area contributed by atoms with E-state index in [0.29, 0.717) is 0 Å². The van der Waals surface area contributed by atoms with Crippen LogP contribution in [0.15, 0.2) is 16.7 Å². The van der Waals surface area contributed by atoms with E-state index in [1.165, 1.54) is 0 Å². The van der Waals surface area contributed by atoms with E-state index in [1.54, 1.807) is 0 Å². The molecule has 0 aromatic carbocycles. The van der Waals surface area contributed by atoms with Gasteiger partial charge in [-0.1, -0.05) is 0 Å².